The number of benzene rings is 4. The van der Waals surface area contributed by atoms with Crippen molar-refractivity contribution >= 4 is 50.9 Å². The lowest BCUT2D eigenvalue weighted by Gasteiger charge is -2.14. The van der Waals surface area contributed by atoms with Crippen LogP contribution < -0.4 is 5.32 Å². The molecule has 1 aliphatic heterocycles. The number of rotatable bonds is 6. The summed E-state index contributed by atoms with van der Waals surface area (Å²) in [6, 6.07) is 14.5. The Hall–Kier alpha value is -7.57. The first-order valence-corrected chi connectivity index (χ1v) is 18.1. The van der Waals surface area contributed by atoms with E-state index in [1.807, 2.05) is 0 Å². The topological polar surface area (TPSA) is 72.3 Å². The first-order valence-electron chi connectivity index (χ1n) is 18.1. The number of anilines is 1. The Morgan fingerprint density at radius 2 is 0.651 bits per heavy atom. The van der Waals surface area contributed by atoms with Gasteiger partial charge in [0.2, 0.25) is 11.6 Å². The van der Waals surface area contributed by atoms with Crippen LogP contribution in [0.5, 0.6) is 0 Å². The highest BCUT2D eigenvalue weighted by Crippen LogP contribution is 2.43. The fourth-order valence-corrected chi connectivity index (χ4v) is 7.38. The molecule has 63 heavy (non-hydrogen) atoms. The molecule has 4 N–H and O–H groups in total. The maximum Gasteiger partial charge on any atom is 0.200 e. The van der Waals surface area contributed by atoms with Gasteiger partial charge in [-0.15, -0.1) is 0 Å². The molecule has 0 saturated carbocycles. The van der Waals surface area contributed by atoms with E-state index in [1.54, 1.807) is 30.3 Å². The number of halogens is 14. The predicted octanol–water partition coefficient (Wildman–Crippen LogP) is 13.3. The molecule has 0 atom stereocenters. The number of nitrogens with one attached hydrogen (secondary N) is 4. The van der Waals surface area contributed by atoms with E-state index in [9.17, 15) is 26.3 Å². The van der Waals surface area contributed by atoms with Crippen molar-refractivity contribution in [1.29, 1.82) is 0 Å². The molecule has 5 heterocycles. The summed E-state index contributed by atoms with van der Waals surface area (Å²) >= 11 is 0. The maximum atomic E-state index is 16.4. The average Bonchev–Trinajstić information content (AvgIpc) is 4.13. The highest BCUT2D eigenvalue weighted by Gasteiger charge is 2.33. The van der Waals surface area contributed by atoms with Gasteiger partial charge in [-0.2, -0.15) is 0 Å². The second-order valence-electron chi connectivity index (χ2n) is 13.9. The summed E-state index contributed by atoms with van der Waals surface area (Å²) in [5, 5.41) is 2.32. The molecule has 0 aliphatic carbocycles. The predicted molar refractivity (Wildman–Crippen MR) is 205 cm³/mol. The zero-order valence-corrected chi connectivity index (χ0v) is 31.0. The van der Waals surface area contributed by atoms with Crippen LogP contribution in [0.25, 0.3) is 78.6 Å². The fraction of sp³-hybridized carbons (Fsp3) is 0.0227. The number of nitrogens with zero attached hydrogens (tertiary/aromatic N) is 1. The van der Waals surface area contributed by atoms with E-state index in [0.717, 1.165) is 36.4 Å². The Morgan fingerprint density at radius 3 is 1.06 bits per heavy atom. The van der Waals surface area contributed by atoms with Crippen LogP contribution in [0.1, 0.15) is 17.0 Å². The highest BCUT2D eigenvalue weighted by atomic mass is 19.2. The third-order valence-corrected chi connectivity index (χ3v) is 10.3. The van der Waals surface area contributed by atoms with Crippen LogP contribution in [-0.2, 0) is 6.54 Å². The summed E-state index contributed by atoms with van der Waals surface area (Å²) in [4.78, 5) is 12.2. The molecular formula is C44H19F14N5. The average molecular weight is 884 g/mol. The Morgan fingerprint density at radius 1 is 0.333 bits per heavy atom. The normalized spacial score (nSPS) is 12.0. The number of hydrogen-bond donors (Lipinski definition) is 4. The first-order chi connectivity index (χ1) is 30.1. The Kier molecular flexibility index (Phi) is 9.79. The summed E-state index contributed by atoms with van der Waals surface area (Å²) < 4.78 is 215. The van der Waals surface area contributed by atoms with Gasteiger partial charge in [0.15, 0.2) is 69.8 Å². The molecular weight excluding hydrogens is 864 g/mol. The van der Waals surface area contributed by atoms with E-state index < -0.39 is 148 Å². The van der Waals surface area contributed by atoms with Gasteiger partial charge in [0, 0.05) is 45.3 Å². The summed E-state index contributed by atoms with van der Waals surface area (Å²) in [6.07, 6.45) is 1.81. The van der Waals surface area contributed by atoms with Crippen molar-refractivity contribution < 1.29 is 61.5 Å². The second-order valence-corrected chi connectivity index (χ2v) is 13.9. The quantitative estimate of drug-likeness (QED) is 0.0763. The number of fused-ring (bicyclic) bond motifs is 9. The fourth-order valence-electron chi connectivity index (χ4n) is 7.38. The third kappa shape index (κ3) is 6.36. The molecule has 19 heteroatoms. The lowest BCUT2D eigenvalue weighted by molar-refractivity contribution is 0.381. The van der Waals surface area contributed by atoms with Crippen LogP contribution in [0.3, 0.4) is 0 Å². The van der Waals surface area contributed by atoms with Crippen LogP contribution in [0.15, 0.2) is 66.7 Å². The first kappa shape index (κ1) is 40.8. The van der Waals surface area contributed by atoms with E-state index in [0.29, 0.717) is 5.56 Å². The zero-order chi connectivity index (χ0) is 44.8. The lowest BCUT2D eigenvalue weighted by atomic mass is 10.0. The van der Waals surface area contributed by atoms with Crippen molar-refractivity contribution in [3.8, 4) is 33.4 Å². The van der Waals surface area contributed by atoms with Crippen LogP contribution in [0.4, 0.5) is 67.2 Å². The van der Waals surface area contributed by atoms with Crippen molar-refractivity contribution in [2.75, 3.05) is 5.32 Å². The molecule has 0 fully saturated rings. The second kappa shape index (κ2) is 15.1. The molecule has 318 valence electrons. The molecule has 1 aliphatic rings. The molecule has 0 amide bonds. The van der Waals surface area contributed by atoms with Crippen LogP contribution in [0.2, 0.25) is 0 Å². The van der Waals surface area contributed by atoms with Crippen LogP contribution in [0, 0.1) is 81.4 Å². The molecule has 5 nitrogen and oxygen atoms in total. The minimum absolute atomic E-state index is 0.0177. The SMILES string of the molecule is Fc1c(F)c(F)c(-c2c3nc(c(-c4c(F)c(F)c(NCc5ccccc5)c(F)c4F)c4ccc([nH]4)c4ccc([nH]4)c(-c4c(F)c(F)c(F)c(F)c4F)c4ccc2[nH]4)C=C3)c(F)c1F. The van der Waals surface area contributed by atoms with Crippen molar-refractivity contribution in [1.82, 2.24) is 19.9 Å². The molecule has 9 rings (SSSR count). The van der Waals surface area contributed by atoms with E-state index in [-0.39, 0.29) is 23.1 Å². The summed E-state index contributed by atoms with van der Waals surface area (Å²) in [6.45, 7) is -0.282. The summed E-state index contributed by atoms with van der Waals surface area (Å²) in [7, 11) is 0. The lowest BCUT2D eigenvalue weighted by Crippen LogP contribution is -2.09. The zero-order valence-electron chi connectivity index (χ0n) is 31.0. The van der Waals surface area contributed by atoms with Gasteiger partial charge < -0.3 is 20.3 Å². The smallest absolute Gasteiger partial charge is 0.200 e. The molecule has 0 radical (unpaired) electrons. The van der Waals surface area contributed by atoms with E-state index in [2.05, 4.69) is 25.3 Å². The van der Waals surface area contributed by atoms with Gasteiger partial charge in [0.05, 0.1) is 39.1 Å². The molecule has 8 aromatic rings. The number of aromatic nitrogens is 4. The number of hydrogen-bond acceptors (Lipinski definition) is 2. The molecule has 0 saturated heterocycles. The Labute approximate surface area is 342 Å². The molecule has 0 spiro atoms. The van der Waals surface area contributed by atoms with E-state index >= 15 is 35.1 Å². The van der Waals surface area contributed by atoms with Gasteiger partial charge in [-0.1, -0.05) is 30.3 Å². The van der Waals surface area contributed by atoms with Gasteiger partial charge in [-0.25, -0.2) is 66.4 Å². The van der Waals surface area contributed by atoms with Crippen molar-refractivity contribution in [2.45, 2.75) is 6.54 Å². The maximum absolute atomic E-state index is 16.4. The van der Waals surface area contributed by atoms with Gasteiger partial charge >= 0.3 is 0 Å². The van der Waals surface area contributed by atoms with Crippen molar-refractivity contribution in [3.05, 3.63) is 165 Å². The van der Waals surface area contributed by atoms with Gasteiger partial charge in [0.1, 0.15) is 5.69 Å². The van der Waals surface area contributed by atoms with Crippen LogP contribution >= 0.6 is 0 Å². The Balaban J connectivity index is 1.44. The minimum atomic E-state index is -2.57. The summed E-state index contributed by atoms with van der Waals surface area (Å²) in [5.74, 6) is -31.9. The molecule has 8 bridgehead atoms. The monoisotopic (exact) mass is 883 g/mol. The number of H-pyrrole nitrogens is 3. The van der Waals surface area contributed by atoms with Crippen molar-refractivity contribution in [3.63, 3.8) is 0 Å². The van der Waals surface area contributed by atoms with Crippen LogP contribution in [-0.4, -0.2) is 19.9 Å². The number of aromatic amines is 3. The molecule has 4 aromatic heterocycles. The standard InChI is InChI=1S/C44H19F14N5/c45-30-27(31(46)37(52)40(55)36(30)51)24-18-8-6-16(60-18)17-7-9-19(61-17)25(29-34(49)42(57)44(43(58)35(29)50)59-14-15-4-2-1-3-5-15)21-11-13-23(63-21)26(22-12-10-20(24)62-22)28-32(47)38(53)41(56)39(54)33(28)48/h1-13,59-62H,14H2. The van der Waals surface area contributed by atoms with Crippen molar-refractivity contribution in [2.24, 2.45) is 0 Å². The minimum Gasteiger partial charge on any atom is -0.376 e. The summed E-state index contributed by atoms with van der Waals surface area (Å²) in [5.41, 5.74) is -11.2. The Bertz CT molecular complexity index is 3320. The van der Waals surface area contributed by atoms with Gasteiger partial charge in [-0.3, -0.25) is 0 Å². The molecule has 0 unspecified atom stereocenters. The largest absolute Gasteiger partial charge is 0.376 e. The van der Waals surface area contributed by atoms with E-state index in [1.165, 1.54) is 12.1 Å². The molecule has 4 aromatic carbocycles. The highest BCUT2D eigenvalue weighted by molar-refractivity contribution is 6.00. The van der Waals surface area contributed by atoms with E-state index in [4.69, 9.17) is 0 Å². The van der Waals surface area contributed by atoms with Gasteiger partial charge in [0.25, 0.3) is 0 Å². The van der Waals surface area contributed by atoms with Gasteiger partial charge in [-0.05, 0) is 54.1 Å². The third-order valence-electron chi connectivity index (χ3n) is 10.3.